The predicted molar refractivity (Wildman–Crippen MR) is 116 cm³/mol. The van der Waals surface area contributed by atoms with E-state index in [1.807, 2.05) is 35.0 Å². The van der Waals surface area contributed by atoms with E-state index in [0.29, 0.717) is 12.6 Å². The lowest BCUT2D eigenvalue weighted by atomic mass is 10.1. The fourth-order valence-electron chi connectivity index (χ4n) is 2.89. The molecule has 0 aliphatic rings. The van der Waals surface area contributed by atoms with Gasteiger partial charge in [0, 0.05) is 17.3 Å². The molecule has 0 fully saturated rings. The molecule has 1 aromatic carbocycles. The number of nitrogens with zero attached hydrogens (tertiary/aromatic N) is 3. The summed E-state index contributed by atoms with van der Waals surface area (Å²) in [4.78, 5) is 21.0. The predicted octanol–water partition coefficient (Wildman–Crippen LogP) is 4.38. The highest BCUT2D eigenvalue weighted by molar-refractivity contribution is 7.99. The van der Waals surface area contributed by atoms with Crippen molar-refractivity contribution in [3.63, 3.8) is 0 Å². The molecule has 0 saturated carbocycles. The Kier molecular flexibility index (Phi) is 7.35. The summed E-state index contributed by atoms with van der Waals surface area (Å²) in [6.45, 7) is 7.11. The maximum atomic E-state index is 10.8. The van der Waals surface area contributed by atoms with Crippen molar-refractivity contribution < 1.29 is 14.3 Å². The van der Waals surface area contributed by atoms with E-state index in [9.17, 15) is 4.79 Å². The van der Waals surface area contributed by atoms with Crippen LogP contribution in [0.5, 0.6) is 6.01 Å². The van der Waals surface area contributed by atoms with E-state index in [-0.39, 0.29) is 19.1 Å². The summed E-state index contributed by atoms with van der Waals surface area (Å²) in [6.07, 6.45) is 2.76. The summed E-state index contributed by atoms with van der Waals surface area (Å²) in [7, 11) is 0. The molecular formula is C22H26N4O3S. The van der Waals surface area contributed by atoms with Gasteiger partial charge in [-0.2, -0.15) is 4.98 Å². The van der Waals surface area contributed by atoms with E-state index in [1.165, 1.54) is 5.56 Å². The van der Waals surface area contributed by atoms with E-state index >= 15 is 0 Å². The second-order valence-corrected chi connectivity index (χ2v) is 8.10. The average molecular weight is 427 g/mol. The first kappa shape index (κ1) is 21.7. The third-order valence-corrected chi connectivity index (χ3v) is 5.68. The molecule has 3 rings (SSSR count). The number of pyridine rings is 1. The van der Waals surface area contributed by atoms with Gasteiger partial charge in [-0.25, -0.2) is 4.79 Å². The van der Waals surface area contributed by atoms with Crippen molar-refractivity contribution in [2.75, 3.05) is 13.2 Å². The quantitative estimate of drug-likeness (QED) is 0.510. The first-order valence-corrected chi connectivity index (χ1v) is 10.5. The van der Waals surface area contributed by atoms with Crippen LogP contribution in [-0.4, -0.2) is 33.8 Å². The maximum Gasteiger partial charge on any atom is 0.404 e. The largest absolute Gasteiger partial charge is 0.461 e. The lowest BCUT2D eigenvalue weighted by molar-refractivity contribution is 0.129. The van der Waals surface area contributed by atoms with Gasteiger partial charge in [-0.15, -0.1) is 0 Å². The number of hydrogen-bond acceptors (Lipinski definition) is 6. The zero-order valence-electron chi connectivity index (χ0n) is 17.4. The first-order chi connectivity index (χ1) is 14.5. The van der Waals surface area contributed by atoms with Gasteiger partial charge in [0.25, 0.3) is 6.01 Å². The molecule has 3 aromatic rings. The minimum atomic E-state index is -0.823. The fraction of sp³-hybridized carbons (Fsp3) is 0.318. The van der Waals surface area contributed by atoms with Crippen LogP contribution in [-0.2, 0) is 11.3 Å². The number of aromatic nitrogens is 3. The van der Waals surface area contributed by atoms with Gasteiger partial charge < -0.3 is 15.2 Å². The molecule has 2 N–H and O–H groups in total. The summed E-state index contributed by atoms with van der Waals surface area (Å²) < 4.78 is 12.7. The molecule has 7 nitrogen and oxygen atoms in total. The second-order valence-electron chi connectivity index (χ2n) is 7.07. The lowest BCUT2D eigenvalue weighted by Crippen LogP contribution is -2.18. The molecule has 0 bridgehead atoms. The number of amides is 1. The molecule has 30 heavy (non-hydrogen) atoms. The smallest absolute Gasteiger partial charge is 0.404 e. The normalized spacial score (nSPS) is 10.9. The summed E-state index contributed by atoms with van der Waals surface area (Å²) in [5, 5.41) is 1.02. The Hall–Kier alpha value is -3.00. The van der Waals surface area contributed by atoms with Gasteiger partial charge in [0.15, 0.2) is 0 Å². The summed E-state index contributed by atoms with van der Waals surface area (Å²) in [5.74, 6) is 0.205. The van der Waals surface area contributed by atoms with Crippen molar-refractivity contribution >= 4 is 17.9 Å². The van der Waals surface area contributed by atoms with Crippen molar-refractivity contribution in [1.82, 2.24) is 14.5 Å². The molecule has 0 unspecified atom stereocenters. The van der Waals surface area contributed by atoms with Crippen molar-refractivity contribution in [2.24, 2.45) is 5.73 Å². The van der Waals surface area contributed by atoms with Gasteiger partial charge in [0.1, 0.15) is 18.2 Å². The number of aryl methyl sites for hydroxylation is 1. The van der Waals surface area contributed by atoms with Crippen molar-refractivity contribution in [3.8, 4) is 6.01 Å². The molecule has 1 amide bonds. The lowest BCUT2D eigenvalue weighted by Gasteiger charge is -2.14. The third kappa shape index (κ3) is 5.54. The van der Waals surface area contributed by atoms with E-state index < -0.39 is 6.09 Å². The van der Waals surface area contributed by atoms with E-state index in [4.69, 9.17) is 20.2 Å². The molecule has 0 aliphatic carbocycles. The highest BCUT2D eigenvalue weighted by Gasteiger charge is 2.22. The number of hydrogen-bond donors (Lipinski definition) is 1. The van der Waals surface area contributed by atoms with Crippen LogP contribution in [0.2, 0.25) is 0 Å². The Morgan fingerprint density at radius 3 is 2.67 bits per heavy atom. The van der Waals surface area contributed by atoms with Gasteiger partial charge in [-0.1, -0.05) is 49.9 Å². The number of nitrogens with two attached hydrogens (primary N) is 1. The number of primary amides is 1. The van der Waals surface area contributed by atoms with E-state index in [2.05, 4.69) is 37.9 Å². The summed E-state index contributed by atoms with van der Waals surface area (Å²) in [5.41, 5.74) is 8.22. The van der Waals surface area contributed by atoms with Crippen LogP contribution in [0.15, 0.2) is 58.7 Å². The topological polar surface area (TPSA) is 92.3 Å². The van der Waals surface area contributed by atoms with Gasteiger partial charge >= 0.3 is 6.09 Å². The standard InChI is InChI=1S/C22H26N4O3S/c1-15(2)19-20(30-18-9-5-4-7-16(18)3)26(14-17-8-6-10-24-13-17)22(25-19)29-12-11-28-21(23)27/h4-10,13,15H,11-12,14H2,1-3H3,(H2,23,27). The highest BCUT2D eigenvalue weighted by Crippen LogP contribution is 2.38. The molecule has 8 heteroatoms. The number of carbonyl (C=O) groups excluding carboxylic acids is 1. The van der Waals surface area contributed by atoms with Crippen molar-refractivity contribution in [3.05, 3.63) is 65.6 Å². The van der Waals surface area contributed by atoms with Gasteiger partial charge in [-0.05, 0) is 36.1 Å². The maximum absolute atomic E-state index is 10.8. The van der Waals surface area contributed by atoms with Crippen molar-refractivity contribution in [2.45, 2.75) is 43.2 Å². The van der Waals surface area contributed by atoms with Gasteiger partial charge in [0.2, 0.25) is 0 Å². The third-order valence-electron chi connectivity index (χ3n) is 4.38. The number of ether oxygens (including phenoxy) is 2. The van der Waals surface area contributed by atoms with Crippen LogP contribution in [0.3, 0.4) is 0 Å². The molecule has 0 radical (unpaired) electrons. The molecule has 0 saturated heterocycles. The fourth-order valence-corrected chi connectivity index (χ4v) is 4.12. The zero-order chi connectivity index (χ0) is 21.5. The average Bonchev–Trinajstić information content (AvgIpc) is 3.05. The minimum absolute atomic E-state index is 0.0619. The minimum Gasteiger partial charge on any atom is -0.461 e. The Bertz CT molecular complexity index is 989. The number of imidazole rings is 1. The Balaban J connectivity index is 1.98. The number of rotatable bonds is 9. The Morgan fingerprint density at radius 1 is 1.20 bits per heavy atom. The second kappa shape index (κ2) is 10.2. The SMILES string of the molecule is Cc1ccccc1Sc1c(C(C)C)nc(OCCOC(N)=O)n1Cc1cccnc1. The van der Waals surface area contributed by atoms with Crippen LogP contribution >= 0.6 is 11.8 Å². The molecular weight excluding hydrogens is 400 g/mol. The molecule has 0 aliphatic heterocycles. The Labute approximate surface area is 180 Å². The van der Waals surface area contributed by atoms with Crippen LogP contribution in [0.25, 0.3) is 0 Å². The summed E-state index contributed by atoms with van der Waals surface area (Å²) in [6, 6.07) is 12.7. The monoisotopic (exact) mass is 426 g/mol. The van der Waals surface area contributed by atoms with Crippen LogP contribution in [0, 0.1) is 6.92 Å². The molecule has 158 valence electrons. The van der Waals surface area contributed by atoms with Crippen LogP contribution in [0.4, 0.5) is 4.79 Å². The van der Waals surface area contributed by atoms with Crippen molar-refractivity contribution in [1.29, 1.82) is 0 Å². The zero-order valence-corrected chi connectivity index (χ0v) is 18.2. The highest BCUT2D eigenvalue weighted by atomic mass is 32.2. The molecule has 0 spiro atoms. The van der Waals surface area contributed by atoms with Gasteiger partial charge in [-0.3, -0.25) is 9.55 Å². The van der Waals surface area contributed by atoms with Crippen LogP contribution in [0.1, 0.15) is 36.6 Å². The van der Waals surface area contributed by atoms with E-state index in [1.54, 1.807) is 18.0 Å². The van der Waals surface area contributed by atoms with Crippen LogP contribution < -0.4 is 10.5 Å². The number of benzene rings is 1. The van der Waals surface area contributed by atoms with Gasteiger partial charge in [0.05, 0.1) is 12.2 Å². The first-order valence-electron chi connectivity index (χ1n) is 9.73. The Morgan fingerprint density at radius 2 is 2.00 bits per heavy atom. The number of carbonyl (C=O) groups is 1. The molecule has 2 heterocycles. The van der Waals surface area contributed by atoms with E-state index in [0.717, 1.165) is 21.2 Å². The summed E-state index contributed by atoms with van der Waals surface area (Å²) >= 11 is 1.67. The molecule has 0 atom stereocenters. The molecule has 2 aromatic heterocycles.